The highest BCUT2D eigenvalue weighted by Gasteiger charge is 2.36. The van der Waals surface area contributed by atoms with E-state index in [-0.39, 0.29) is 12.0 Å². The van der Waals surface area contributed by atoms with Gasteiger partial charge < -0.3 is 4.98 Å². The third kappa shape index (κ3) is 1.94. The number of fused-ring (bicyclic) bond motifs is 1. The summed E-state index contributed by atoms with van der Waals surface area (Å²) < 4.78 is 38.7. The molecular weight excluding hydrogens is 241 g/mol. The Morgan fingerprint density at radius 2 is 1.94 bits per heavy atom. The monoisotopic (exact) mass is 252 g/mol. The van der Waals surface area contributed by atoms with Crippen molar-refractivity contribution in [3.8, 4) is 6.07 Å². The quantitative estimate of drug-likeness (QED) is 0.822. The highest BCUT2D eigenvalue weighted by molar-refractivity contribution is 5.88. The summed E-state index contributed by atoms with van der Waals surface area (Å²) in [7, 11) is 0. The zero-order chi connectivity index (χ0) is 13.5. The molecule has 0 radical (unpaired) electrons. The van der Waals surface area contributed by atoms with Gasteiger partial charge in [-0.05, 0) is 25.5 Å². The summed E-state index contributed by atoms with van der Waals surface area (Å²) in [6, 6.07) is 5.29. The lowest BCUT2D eigenvalue weighted by atomic mass is 10.0. The Labute approximate surface area is 102 Å². The molecule has 0 saturated carbocycles. The number of hydrogen-bond donors (Lipinski definition) is 1. The van der Waals surface area contributed by atoms with Gasteiger partial charge in [-0.25, -0.2) is 0 Å². The molecule has 94 valence electrons. The van der Waals surface area contributed by atoms with E-state index in [1.165, 1.54) is 0 Å². The van der Waals surface area contributed by atoms with E-state index in [0.717, 1.165) is 11.1 Å². The predicted molar refractivity (Wildman–Crippen MR) is 62.1 cm³/mol. The van der Waals surface area contributed by atoms with Crippen LogP contribution >= 0.6 is 0 Å². The summed E-state index contributed by atoms with van der Waals surface area (Å²) >= 11 is 0. The van der Waals surface area contributed by atoms with Crippen molar-refractivity contribution in [1.82, 2.24) is 4.98 Å². The first kappa shape index (κ1) is 12.5. The van der Waals surface area contributed by atoms with Gasteiger partial charge in [0.05, 0.1) is 12.5 Å². The van der Waals surface area contributed by atoms with Crippen LogP contribution in [0.25, 0.3) is 10.9 Å². The lowest BCUT2D eigenvalue weighted by molar-refractivity contribution is -0.141. The minimum atomic E-state index is -4.47. The molecular formula is C13H11F3N2. The third-order valence-corrected chi connectivity index (χ3v) is 2.90. The molecule has 1 aromatic carbocycles. The number of halogens is 3. The lowest BCUT2D eigenvalue weighted by Gasteiger charge is -2.05. The Morgan fingerprint density at radius 3 is 2.50 bits per heavy atom. The Bertz CT molecular complexity index is 645. The standard InChI is InChI=1S/C13H11F3N2/c1-7-5-8(2)11-10(6-7)9(3-4-17)12(18-11)13(14,15)16/h5-6,18H,3H2,1-2H3. The van der Waals surface area contributed by atoms with Crippen molar-refractivity contribution in [2.24, 2.45) is 0 Å². The van der Waals surface area contributed by atoms with Gasteiger partial charge in [0.25, 0.3) is 0 Å². The van der Waals surface area contributed by atoms with Crippen molar-refractivity contribution >= 4 is 10.9 Å². The smallest absolute Gasteiger partial charge is 0.351 e. The number of rotatable bonds is 1. The maximum absolute atomic E-state index is 12.9. The predicted octanol–water partition coefficient (Wildman–Crippen LogP) is 3.87. The molecule has 0 spiro atoms. The van der Waals surface area contributed by atoms with Crippen LogP contribution in [0.15, 0.2) is 12.1 Å². The first-order chi connectivity index (χ1) is 8.34. The Morgan fingerprint density at radius 1 is 1.28 bits per heavy atom. The van der Waals surface area contributed by atoms with Gasteiger partial charge in [-0.2, -0.15) is 18.4 Å². The molecule has 18 heavy (non-hydrogen) atoms. The molecule has 1 N–H and O–H groups in total. The third-order valence-electron chi connectivity index (χ3n) is 2.90. The van der Waals surface area contributed by atoms with Gasteiger partial charge in [0.15, 0.2) is 0 Å². The van der Waals surface area contributed by atoms with E-state index < -0.39 is 11.9 Å². The van der Waals surface area contributed by atoms with Crippen molar-refractivity contribution in [3.05, 3.63) is 34.5 Å². The number of aromatic amines is 1. The topological polar surface area (TPSA) is 39.6 Å². The molecule has 0 bridgehead atoms. The molecule has 0 atom stereocenters. The van der Waals surface area contributed by atoms with Crippen molar-refractivity contribution in [1.29, 1.82) is 5.26 Å². The van der Waals surface area contributed by atoms with Gasteiger partial charge in [0, 0.05) is 16.5 Å². The first-order valence-corrected chi connectivity index (χ1v) is 5.40. The fourth-order valence-corrected chi connectivity index (χ4v) is 2.21. The molecule has 2 rings (SSSR count). The zero-order valence-corrected chi connectivity index (χ0v) is 9.94. The second-order valence-electron chi connectivity index (χ2n) is 4.32. The minimum absolute atomic E-state index is 0.0341. The number of alkyl halides is 3. The summed E-state index contributed by atoms with van der Waals surface area (Å²) in [6.07, 6.45) is -4.72. The average molecular weight is 252 g/mol. The zero-order valence-electron chi connectivity index (χ0n) is 9.94. The number of H-pyrrole nitrogens is 1. The molecule has 5 heteroatoms. The van der Waals surface area contributed by atoms with E-state index >= 15 is 0 Å². The Kier molecular flexibility index (Phi) is 2.81. The van der Waals surface area contributed by atoms with E-state index in [4.69, 9.17) is 5.26 Å². The molecule has 1 heterocycles. The molecule has 0 aliphatic carbocycles. The second kappa shape index (κ2) is 4.05. The van der Waals surface area contributed by atoms with E-state index in [1.807, 2.05) is 13.0 Å². The van der Waals surface area contributed by atoms with Gasteiger partial charge in [-0.1, -0.05) is 11.6 Å². The highest BCUT2D eigenvalue weighted by Crippen LogP contribution is 2.36. The maximum atomic E-state index is 12.9. The summed E-state index contributed by atoms with van der Waals surface area (Å²) in [4.78, 5) is 2.41. The number of nitrogens with one attached hydrogen (secondary N) is 1. The lowest BCUT2D eigenvalue weighted by Crippen LogP contribution is -2.08. The van der Waals surface area contributed by atoms with Crippen LogP contribution < -0.4 is 0 Å². The van der Waals surface area contributed by atoms with Crippen molar-refractivity contribution in [3.63, 3.8) is 0 Å². The summed E-state index contributed by atoms with van der Waals surface area (Å²) in [5.41, 5.74) is 1.31. The second-order valence-corrected chi connectivity index (χ2v) is 4.32. The summed E-state index contributed by atoms with van der Waals surface area (Å²) in [6.45, 7) is 3.57. The van der Waals surface area contributed by atoms with Crippen LogP contribution in [0, 0.1) is 25.2 Å². The van der Waals surface area contributed by atoms with Gasteiger partial charge in [0.1, 0.15) is 5.69 Å². The van der Waals surface area contributed by atoms with Crippen LogP contribution in [0.1, 0.15) is 22.4 Å². The van der Waals surface area contributed by atoms with E-state index in [0.29, 0.717) is 10.9 Å². The van der Waals surface area contributed by atoms with E-state index in [1.54, 1.807) is 19.1 Å². The van der Waals surface area contributed by atoms with Gasteiger partial charge in [-0.15, -0.1) is 0 Å². The normalized spacial score (nSPS) is 11.8. The maximum Gasteiger partial charge on any atom is 0.431 e. The van der Waals surface area contributed by atoms with E-state index in [9.17, 15) is 13.2 Å². The number of aromatic nitrogens is 1. The number of aryl methyl sites for hydroxylation is 2. The molecule has 1 aromatic heterocycles. The van der Waals surface area contributed by atoms with Gasteiger partial charge >= 0.3 is 6.18 Å². The molecule has 0 aliphatic heterocycles. The largest absolute Gasteiger partial charge is 0.431 e. The molecule has 0 fully saturated rings. The van der Waals surface area contributed by atoms with Gasteiger partial charge in [-0.3, -0.25) is 0 Å². The molecule has 0 unspecified atom stereocenters. The van der Waals surface area contributed by atoms with Crippen molar-refractivity contribution < 1.29 is 13.2 Å². The van der Waals surface area contributed by atoms with E-state index in [2.05, 4.69) is 4.98 Å². The summed E-state index contributed by atoms with van der Waals surface area (Å²) in [5, 5.41) is 9.18. The highest BCUT2D eigenvalue weighted by atomic mass is 19.4. The number of hydrogen-bond acceptors (Lipinski definition) is 1. The van der Waals surface area contributed by atoms with Gasteiger partial charge in [0.2, 0.25) is 0 Å². The number of benzene rings is 1. The summed E-state index contributed by atoms with van der Waals surface area (Å²) in [5.74, 6) is 0. The SMILES string of the molecule is Cc1cc(C)c2[nH]c(C(F)(F)F)c(CC#N)c2c1. The Hall–Kier alpha value is -1.96. The van der Waals surface area contributed by atoms with Crippen LogP contribution in [0.3, 0.4) is 0 Å². The van der Waals surface area contributed by atoms with Crippen LogP contribution in [-0.2, 0) is 12.6 Å². The molecule has 0 saturated heterocycles. The van der Waals surface area contributed by atoms with Crippen LogP contribution in [-0.4, -0.2) is 4.98 Å². The Balaban J connectivity index is 2.85. The minimum Gasteiger partial charge on any atom is -0.351 e. The number of nitrogens with zero attached hydrogens (tertiary/aromatic N) is 1. The molecule has 0 amide bonds. The molecule has 0 aliphatic rings. The molecule has 2 nitrogen and oxygen atoms in total. The first-order valence-electron chi connectivity index (χ1n) is 5.40. The average Bonchev–Trinajstić information content (AvgIpc) is 2.58. The van der Waals surface area contributed by atoms with Crippen LogP contribution in [0.4, 0.5) is 13.2 Å². The fraction of sp³-hybridized carbons (Fsp3) is 0.308. The van der Waals surface area contributed by atoms with Crippen molar-refractivity contribution in [2.45, 2.75) is 26.4 Å². The number of nitriles is 1. The van der Waals surface area contributed by atoms with Crippen molar-refractivity contribution in [2.75, 3.05) is 0 Å². The van der Waals surface area contributed by atoms with Crippen LogP contribution in [0.5, 0.6) is 0 Å². The van der Waals surface area contributed by atoms with Crippen LogP contribution in [0.2, 0.25) is 0 Å². The fourth-order valence-electron chi connectivity index (χ4n) is 2.21. The molecule has 2 aromatic rings.